The fourth-order valence-electron chi connectivity index (χ4n) is 6.67. The second-order valence-electron chi connectivity index (χ2n) is 10.5. The maximum Gasteiger partial charge on any atom is 0.0542 e. The van der Waals surface area contributed by atoms with Gasteiger partial charge in [-0.25, -0.2) is 0 Å². The zero-order chi connectivity index (χ0) is 20.5. The molecule has 3 aliphatic rings. The van der Waals surface area contributed by atoms with E-state index >= 15 is 0 Å². The van der Waals surface area contributed by atoms with Crippen LogP contribution in [0.5, 0.6) is 0 Å². The first-order valence-corrected chi connectivity index (χ1v) is 13.6. The molecule has 29 heavy (non-hydrogen) atoms. The Labute approximate surface area is 182 Å². The molecule has 2 nitrogen and oxygen atoms in total. The smallest absolute Gasteiger partial charge is 0.0542 e. The van der Waals surface area contributed by atoms with Crippen molar-refractivity contribution < 1.29 is 0 Å². The molecule has 0 aromatic carbocycles. The Morgan fingerprint density at radius 2 is 1.48 bits per heavy atom. The van der Waals surface area contributed by atoms with Gasteiger partial charge in [0.2, 0.25) is 0 Å². The molecule has 0 radical (unpaired) electrons. The van der Waals surface area contributed by atoms with Crippen molar-refractivity contribution in [3.63, 3.8) is 0 Å². The minimum absolute atomic E-state index is 0.642. The minimum Gasteiger partial charge on any atom is -0.296 e. The van der Waals surface area contributed by atoms with Crippen LogP contribution in [-0.4, -0.2) is 35.3 Å². The first-order chi connectivity index (χ1) is 14.3. The van der Waals surface area contributed by atoms with E-state index in [2.05, 4.69) is 25.7 Å². The summed E-state index contributed by atoms with van der Waals surface area (Å²) in [7, 11) is 0. The lowest BCUT2D eigenvalue weighted by Gasteiger charge is -2.51. The monoisotopic (exact) mass is 402 g/mol. The van der Waals surface area contributed by atoms with Crippen LogP contribution in [0.25, 0.3) is 0 Å². The molecule has 2 heteroatoms. The number of rotatable bonds is 11. The van der Waals surface area contributed by atoms with E-state index in [1.165, 1.54) is 116 Å². The predicted molar refractivity (Wildman–Crippen MR) is 128 cm³/mol. The Balaban J connectivity index is 1.77. The first kappa shape index (κ1) is 23.3. The van der Waals surface area contributed by atoms with Crippen molar-refractivity contribution in [2.24, 2.45) is 16.8 Å². The van der Waals surface area contributed by atoms with Gasteiger partial charge in [0, 0.05) is 23.7 Å². The lowest BCUT2D eigenvalue weighted by atomic mass is 9.70. The van der Waals surface area contributed by atoms with Gasteiger partial charge in [0.1, 0.15) is 0 Å². The summed E-state index contributed by atoms with van der Waals surface area (Å²) in [6, 6.07) is 2.28. The molecule has 0 bridgehead atoms. The fraction of sp³-hybridized carbons (Fsp3) is 0.963. The fourth-order valence-corrected chi connectivity index (χ4v) is 6.67. The largest absolute Gasteiger partial charge is 0.296 e. The normalized spacial score (nSPS) is 31.0. The molecule has 0 aromatic rings. The highest BCUT2D eigenvalue weighted by Gasteiger charge is 2.44. The van der Waals surface area contributed by atoms with Crippen LogP contribution in [0.15, 0.2) is 4.99 Å². The minimum atomic E-state index is 0.642. The van der Waals surface area contributed by atoms with Gasteiger partial charge < -0.3 is 0 Å². The van der Waals surface area contributed by atoms with E-state index in [9.17, 15) is 0 Å². The quantitative estimate of drug-likeness (QED) is 0.322. The molecular formula is C27H50N2. The molecule has 3 rings (SSSR count). The number of hydrogen-bond donors (Lipinski definition) is 0. The van der Waals surface area contributed by atoms with Crippen LogP contribution in [0.3, 0.4) is 0 Å². The van der Waals surface area contributed by atoms with Gasteiger partial charge in [-0.2, -0.15) is 0 Å². The molecule has 2 aliphatic carbocycles. The Morgan fingerprint density at radius 1 is 0.793 bits per heavy atom. The van der Waals surface area contributed by atoms with Gasteiger partial charge in [0.25, 0.3) is 0 Å². The van der Waals surface area contributed by atoms with Gasteiger partial charge in [0.05, 0.1) is 6.04 Å². The van der Waals surface area contributed by atoms with Crippen LogP contribution in [0.2, 0.25) is 0 Å². The second kappa shape index (κ2) is 12.5. The Kier molecular flexibility index (Phi) is 10.0. The van der Waals surface area contributed by atoms with Gasteiger partial charge in [-0.05, 0) is 57.4 Å². The Hall–Kier alpha value is -0.370. The van der Waals surface area contributed by atoms with Crippen LogP contribution in [0.4, 0.5) is 0 Å². The zero-order valence-electron chi connectivity index (χ0n) is 20.0. The summed E-state index contributed by atoms with van der Waals surface area (Å²) in [5, 5.41) is 0. The van der Waals surface area contributed by atoms with Crippen LogP contribution in [0.1, 0.15) is 130 Å². The van der Waals surface area contributed by atoms with Crippen molar-refractivity contribution in [1.29, 1.82) is 0 Å². The van der Waals surface area contributed by atoms with Crippen molar-refractivity contribution in [1.82, 2.24) is 4.90 Å². The topological polar surface area (TPSA) is 15.6 Å². The summed E-state index contributed by atoms with van der Waals surface area (Å²) >= 11 is 0. The second-order valence-corrected chi connectivity index (χ2v) is 10.5. The number of aliphatic imine (C=N–C) groups is 1. The summed E-state index contributed by atoms with van der Waals surface area (Å²) in [5.74, 6) is 1.51. The molecule has 0 spiro atoms. The van der Waals surface area contributed by atoms with Gasteiger partial charge in [-0.15, -0.1) is 0 Å². The molecule has 0 amide bonds. The molecular weight excluding hydrogens is 352 g/mol. The lowest BCUT2D eigenvalue weighted by molar-refractivity contribution is 0.0256. The van der Waals surface area contributed by atoms with E-state index in [1.54, 1.807) is 5.71 Å². The maximum absolute atomic E-state index is 5.41. The third kappa shape index (κ3) is 6.31. The molecule has 168 valence electrons. The van der Waals surface area contributed by atoms with Crippen molar-refractivity contribution in [2.45, 2.75) is 148 Å². The van der Waals surface area contributed by atoms with Gasteiger partial charge in [-0.1, -0.05) is 85.0 Å². The third-order valence-corrected chi connectivity index (χ3v) is 8.32. The van der Waals surface area contributed by atoms with Gasteiger partial charge in [-0.3, -0.25) is 9.89 Å². The van der Waals surface area contributed by atoms with Crippen molar-refractivity contribution in [3.05, 3.63) is 0 Å². The molecule has 2 saturated carbocycles. The van der Waals surface area contributed by atoms with Crippen molar-refractivity contribution >= 4 is 5.71 Å². The highest BCUT2D eigenvalue weighted by Crippen LogP contribution is 2.41. The highest BCUT2D eigenvalue weighted by molar-refractivity contribution is 5.88. The number of fused-ring (bicyclic) bond motifs is 1. The van der Waals surface area contributed by atoms with Crippen LogP contribution in [-0.2, 0) is 0 Å². The molecule has 0 aromatic heterocycles. The molecule has 0 saturated heterocycles. The lowest BCUT2D eigenvalue weighted by Crippen LogP contribution is -2.57. The van der Waals surface area contributed by atoms with Crippen LogP contribution < -0.4 is 0 Å². The van der Waals surface area contributed by atoms with Crippen LogP contribution in [0, 0.1) is 11.8 Å². The Morgan fingerprint density at radius 3 is 2.24 bits per heavy atom. The molecule has 1 aliphatic heterocycles. The van der Waals surface area contributed by atoms with E-state index in [-0.39, 0.29) is 0 Å². The summed E-state index contributed by atoms with van der Waals surface area (Å²) in [5.41, 5.74) is 1.59. The maximum atomic E-state index is 5.41. The van der Waals surface area contributed by atoms with E-state index in [4.69, 9.17) is 4.99 Å². The SMILES string of the molecule is CCCCCCCN(C1CCCCC1)C1C(C)C(CCCC)=N[C@H]2CCCCC12. The van der Waals surface area contributed by atoms with E-state index in [0.717, 1.165) is 18.0 Å². The molecule has 3 unspecified atom stereocenters. The predicted octanol–water partition coefficient (Wildman–Crippen LogP) is 7.80. The van der Waals surface area contributed by atoms with E-state index < -0.39 is 0 Å². The summed E-state index contributed by atoms with van der Waals surface area (Å²) in [4.78, 5) is 8.49. The Bertz CT molecular complexity index is 479. The third-order valence-electron chi connectivity index (χ3n) is 8.32. The standard InChI is InChI=1S/C27H50N2/c1-4-6-8-9-15-21-29(23-16-11-10-12-17-23)27-22(3)25(19-7-5-2)28-26-20-14-13-18-24(26)27/h22-24,26-27H,4-21H2,1-3H3/t22?,24?,26-,27?/m0/s1. The highest BCUT2D eigenvalue weighted by atomic mass is 15.2. The molecule has 4 atom stereocenters. The molecule has 0 N–H and O–H groups in total. The molecule has 2 fully saturated rings. The number of unbranched alkanes of at least 4 members (excludes halogenated alkanes) is 5. The summed E-state index contributed by atoms with van der Waals surface area (Å²) in [6.45, 7) is 8.57. The zero-order valence-corrected chi connectivity index (χ0v) is 20.0. The average molecular weight is 403 g/mol. The van der Waals surface area contributed by atoms with Crippen molar-refractivity contribution in [3.8, 4) is 0 Å². The summed E-state index contributed by atoms with van der Waals surface area (Å²) in [6.07, 6.45) is 23.9. The van der Waals surface area contributed by atoms with Gasteiger partial charge in [0.15, 0.2) is 0 Å². The van der Waals surface area contributed by atoms with Gasteiger partial charge >= 0.3 is 0 Å². The van der Waals surface area contributed by atoms with Crippen LogP contribution >= 0.6 is 0 Å². The first-order valence-electron chi connectivity index (χ1n) is 13.6. The average Bonchev–Trinajstić information content (AvgIpc) is 2.76. The number of nitrogens with zero attached hydrogens (tertiary/aromatic N) is 2. The van der Waals surface area contributed by atoms with Crippen molar-refractivity contribution in [2.75, 3.05) is 6.54 Å². The molecule has 1 heterocycles. The van der Waals surface area contributed by atoms with E-state index in [1.807, 2.05) is 0 Å². The summed E-state index contributed by atoms with van der Waals surface area (Å²) < 4.78 is 0. The number of hydrogen-bond acceptors (Lipinski definition) is 2. The van der Waals surface area contributed by atoms with E-state index in [0.29, 0.717) is 12.0 Å².